The highest BCUT2D eigenvalue weighted by atomic mass is 16.2. The van der Waals surface area contributed by atoms with Gasteiger partial charge < -0.3 is 10.6 Å². The van der Waals surface area contributed by atoms with E-state index in [0.29, 0.717) is 19.0 Å². The lowest BCUT2D eigenvalue weighted by atomic mass is 10.2. The molecule has 0 spiro atoms. The summed E-state index contributed by atoms with van der Waals surface area (Å²) in [6.07, 6.45) is 0.891. The van der Waals surface area contributed by atoms with Gasteiger partial charge in [0.2, 0.25) is 11.8 Å². The van der Waals surface area contributed by atoms with Gasteiger partial charge in [0.15, 0.2) is 0 Å². The van der Waals surface area contributed by atoms with Crippen LogP contribution in [0, 0.1) is 5.92 Å². The molecule has 1 aromatic carbocycles. The zero-order chi connectivity index (χ0) is 15.4. The van der Waals surface area contributed by atoms with Crippen LogP contribution < -0.4 is 10.6 Å². The molecule has 1 aromatic rings. The van der Waals surface area contributed by atoms with Crippen molar-refractivity contribution in [2.75, 3.05) is 31.1 Å². The fraction of sp³-hybridized carbons (Fsp3) is 0.500. The third-order valence-electron chi connectivity index (χ3n) is 3.55. The molecule has 0 saturated heterocycles. The third kappa shape index (κ3) is 4.04. The highest BCUT2D eigenvalue weighted by molar-refractivity contribution is 5.97. The number of para-hydroxylation sites is 1. The van der Waals surface area contributed by atoms with E-state index in [1.807, 2.05) is 28.0 Å². The standard InChI is InChI=1S/C16H23N3O2/c1-12(2)9-18(10-15(17)20)11-16(21)19-8-7-13-5-3-4-6-14(13)19/h3-6,12H,7-11H2,1-2H3,(H2,17,20). The normalized spacial score (nSPS) is 13.8. The number of benzene rings is 1. The molecular formula is C16H23N3O2. The van der Waals surface area contributed by atoms with Crippen molar-refractivity contribution < 1.29 is 9.59 Å². The Labute approximate surface area is 125 Å². The Bertz CT molecular complexity index is 528. The first-order valence-corrected chi connectivity index (χ1v) is 7.36. The van der Waals surface area contributed by atoms with Crippen LogP contribution in [0.3, 0.4) is 0 Å². The first-order valence-electron chi connectivity index (χ1n) is 7.36. The molecule has 0 aliphatic carbocycles. The summed E-state index contributed by atoms with van der Waals surface area (Å²) in [5.74, 6) is 0.00939. The number of fused-ring (bicyclic) bond motifs is 1. The van der Waals surface area contributed by atoms with Gasteiger partial charge >= 0.3 is 0 Å². The van der Waals surface area contributed by atoms with Crippen molar-refractivity contribution in [3.8, 4) is 0 Å². The van der Waals surface area contributed by atoms with Gasteiger partial charge in [0, 0.05) is 18.8 Å². The van der Waals surface area contributed by atoms with Gasteiger partial charge in [0.1, 0.15) is 0 Å². The average Bonchev–Trinajstić information content (AvgIpc) is 2.80. The van der Waals surface area contributed by atoms with Crippen LogP contribution in [-0.4, -0.2) is 42.9 Å². The number of hydrogen-bond donors (Lipinski definition) is 1. The number of carbonyl (C=O) groups excluding carboxylic acids is 2. The predicted molar refractivity (Wildman–Crippen MR) is 83.0 cm³/mol. The van der Waals surface area contributed by atoms with Crippen LogP contribution in [0.2, 0.25) is 0 Å². The van der Waals surface area contributed by atoms with Gasteiger partial charge in [-0.3, -0.25) is 14.5 Å². The second kappa shape index (κ2) is 6.72. The number of nitrogens with two attached hydrogens (primary N) is 1. The lowest BCUT2D eigenvalue weighted by Crippen LogP contribution is -2.44. The third-order valence-corrected chi connectivity index (χ3v) is 3.55. The highest BCUT2D eigenvalue weighted by Gasteiger charge is 2.26. The highest BCUT2D eigenvalue weighted by Crippen LogP contribution is 2.27. The van der Waals surface area contributed by atoms with Gasteiger partial charge in [0.25, 0.3) is 0 Å². The fourth-order valence-corrected chi connectivity index (χ4v) is 2.80. The molecule has 0 unspecified atom stereocenters. The van der Waals surface area contributed by atoms with Gasteiger partial charge in [-0.1, -0.05) is 32.0 Å². The van der Waals surface area contributed by atoms with Crippen molar-refractivity contribution in [2.24, 2.45) is 11.7 Å². The zero-order valence-electron chi connectivity index (χ0n) is 12.7. The zero-order valence-corrected chi connectivity index (χ0v) is 12.7. The Morgan fingerprint density at radius 1 is 1.29 bits per heavy atom. The van der Waals surface area contributed by atoms with Gasteiger partial charge in [-0.2, -0.15) is 0 Å². The quantitative estimate of drug-likeness (QED) is 0.850. The van der Waals surface area contributed by atoms with Crippen LogP contribution in [0.1, 0.15) is 19.4 Å². The summed E-state index contributed by atoms with van der Waals surface area (Å²) in [5, 5.41) is 0. The van der Waals surface area contributed by atoms with Crippen LogP contribution in [0.4, 0.5) is 5.69 Å². The average molecular weight is 289 g/mol. The summed E-state index contributed by atoms with van der Waals surface area (Å²) >= 11 is 0. The molecule has 0 saturated carbocycles. The molecule has 21 heavy (non-hydrogen) atoms. The molecule has 2 N–H and O–H groups in total. The smallest absolute Gasteiger partial charge is 0.241 e. The summed E-state index contributed by atoms with van der Waals surface area (Å²) in [4.78, 5) is 27.3. The maximum absolute atomic E-state index is 12.5. The molecule has 0 atom stereocenters. The number of nitrogens with zero attached hydrogens (tertiary/aromatic N) is 2. The molecular weight excluding hydrogens is 266 g/mol. The molecule has 114 valence electrons. The second-order valence-electron chi connectivity index (χ2n) is 5.95. The molecule has 1 aliphatic heterocycles. The van der Waals surface area contributed by atoms with Crippen LogP contribution in [0.5, 0.6) is 0 Å². The lowest BCUT2D eigenvalue weighted by Gasteiger charge is -2.25. The monoisotopic (exact) mass is 289 g/mol. The Kier molecular flexibility index (Phi) is 4.96. The number of hydrogen-bond acceptors (Lipinski definition) is 3. The largest absolute Gasteiger partial charge is 0.369 e. The van der Waals surface area contributed by atoms with Gasteiger partial charge in [0.05, 0.1) is 13.1 Å². The summed E-state index contributed by atoms with van der Waals surface area (Å²) in [7, 11) is 0. The van der Waals surface area contributed by atoms with Crippen molar-refractivity contribution in [2.45, 2.75) is 20.3 Å². The maximum atomic E-state index is 12.5. The Balaban J connectivity index is 2.04. The van der Waals surface area contributed by atoms with E-state index in [2.05, 4.69) is 19.9 Å². The van der Waals surface area contributed by atoms with E-state index in [1.54, 1.807) is 0 Å². The summed E-state index contributed by atoms with van der Waals surface area (Å²) in [6, 6.07) is 7.96. The van der Waals surface area contributed by atoms with Gasteiger partial charge in [-0.15, -0.1) is 0 Å². The van der Waals surface area contributed by atoms with E-state index in [4.69, 9.17) is 5.73 Å². The maximum Gasteiger partial charge on any atom is 0.241 e. The fourth-order valence-electron chi connectivity index (χ4n) is 2.80. The second-order valence-corrected chi connectivity index (χ2v) is 5.95. The lowest BCUT2D eigenvalue weighted by molar-refractivity contribution is -0.122. The molecule has 0 radical (unpaired) electrons. The van der Waals surface area contributed by atoms with Crippen LogP contribution in [-0.2, 0) is 16.0 Å². The molecule has 2 amide bonds. The van der Waals surface area contributed by atoms with E-state index < -0.39 is 5.91 Å². The minimum Gasteiger partial charge on any atom is -0.369 e. The van der Waals surface area contributed by atoms with E-state index in [-0.39, 0.29) is 19.0 Å². The van der Waals surface area contributed by atoms with Crippen molar-refractivity contribution in [1.82, 2.24) is 4.90 Å². The molecule has 5 nitrogen and oxygen atoms in total. The van der Waals surface area contributed by atoms with Crippen molar-refractivity contribution in [3.63, 3.8) is 0 Å². The number of carbonyl (C=O) groups is 2. The van der Waals surface area contributed by atoms with E-state index >= 15 is 0 Å². The minimum atomic E-state index is -0.398. The Morgan fingerprint density at radius 2 is 2.00 bits per heavy atom. The molecule has 0 fully saturated rings. The van der Waals surface area contributed by atoms with E-state index in [1.165, 1.54) is 5.56 Å². The topological polar surface area (TPSA) is 66.6 Å². The van der Waals surface area contributed by atoms with Crippen LogP contribution in [0.25, 0.3) is 0 Å². The van der Waals surface area contributed by atoms with Crippen molar-refractivity contribution >= 4 is 17.5 Å². The van der Waals surface area contributed by atoms with Gasteiger partial charge in [-0.05, 0) is 24.0 Å². The Hall–Kier alpha value is -1.88. The number of anilines is 1. The molecule has 0 aromatic heterocycles. The first-order chi connectivity index (χ1) is 9.97. The first kappa shape index (κ1) is 15.5. The van der Waals surface area contributed by atoms with Crippen molar-refractivity contribution in [1.29, 1.82) is 0 Å². The summed E-state index contributed by atoms with van der Waals surface area (Å²) < 4.78 is 0. The minimum absolute atomic E-state index is 0.0295. The number of amides is 2. The Morgan fingerprint density at radius 3 is 2.67 bits per heavy atom. The van der Waals surface area contributed by atoms with Crippen LogP contribution >= 0.6 is 0 Å². The number of primary amides is 1. The van der Waals surface area contributed by atoms with E-state index in [0.717, 1.165) is 12.1 Å². The van der Waals surface area contributed by atoms with Crippen molar-refractivity contribution in [3.05, 3.63) is 29.8 Å². The molecule has 1 aliphatic rings. The van der Waals surface area contributed by atoms with Gasteiger partial charge in [-0.25, -0.2) is 0 Å². The molecule has 5 heteroatoms. The SMILES string of the molecule is CC(C)CN(CC(N)=O)CC(=O)N1CCc2ccccc21. The van der Waals surface area contributed by atoms with Crippen LogP contribution in [0.15, 0.2) is 24.3 Å². The molecule has 0 bridgehead atoms. The molecule has 1 heterocycles. The molecule has 2 rings (SSSR count). The summed E-state index contributed by atoms with van der Waals surface area (Å²) in [6.45, 7) is 5.87. The van der Waals surface area contributed by atoms with E-state index in [9.17, 15) is 9.59 Å². The number of rotatable bonds is 6. The predicted octanol–water partition coefficient (Wildman–Crippen LogP) is 1.02. The summed E-state index contributed by atoms with van der Waals surface area (Å²) in [5.41, 5.74) is 7.47.